The predicted molar refractivity (Wildman–Crippen MR) is 91.9 cm³/mol. The summed E-state index contributed by atoms with van der Waals surface area (Å²) in [6.45, 7) is 11.2. The molecule has 3 aromatic rings. The number of fused-ring (bicyclic) bond motifs is 2. The summed E-state index contributed by atoms with van der Waals surface area (Å²) in [7, 11) is 0. The van der Waals surface area contributed by atoms with E-state index in [1.165, 1.54) is 38.2 Å². The molecule has 0 heterocycles. The maximum atomic E-state index is 3.44. The van der Waals surface area contributed by atoms with Crippen molar-refractivity contribution < 1.29 is 0 Å². The molecule has 0 saturated carbocycles. The van der Waals surface area contributed by atoms with Crippen LogP contribution < -0.4 is 0 Å². The molecular weight excluding hydrogens is 252 g/mol. The average Bonchev–Trinajstić information content (AvgIpc) is 2.52. The largest absolute Gasteiger partial charge is 0.0655 e. The molecule has 0 unspecified atom stereocenters. The van der Waals surface area contributed by atoms with Crippen LogP contribution in [0.5, 0.6) is 0 Å². The van der Waals surface area contributed by atoms with Crippen LogP contribution in [0.4, 0.5) is 0 Å². The van der Waals surface area contributed by atoms with E-state index in [4.69, 9.17) is 0 Å². The van der Waals surface area contributed by atoms with E-state index in [1.54, 1.807) is 0 Å². The number of hydrogen-bond acceptors (Lipinski definition) is 0. The second-order valence-corrected chi connectivity index (χ2v) is 6.63. The van der Waals surface area contributed by atoms with Gasteiger partial charge in [-0.15, -0.1) is 0 Å². The Labute approximate surface area is 127 Å². The molecule has 3 aromatic carbocycles. The Kier molecular flexibility index (Phi) is 3.18. The van der Waals surface area contributed by atoms with E-state index >= 15 is 0 Å². The first-order valence-electron chi connectivity index (χ1n) is 7.72. The molecule has 0 aliphatic heterocycles. The van der Waals surface area contributed by atoms with Gasteiger partial charge in [-0.1, -0.05) is 57.2 Å². The van der Waals surface area contributed by atoms with Crippen molar-refractivity contribution in [3.05, 3.63) is 59.2 Å². The highest BCUT2D eigenvalue weighted by Crippen LogP contribution is 2.34. The summed E-state index contributed by atoms with van der Waals surface area (Å²) in [5.41, 5.74) is 4.07. The van der Waals surface area contributed by atoms with Crippen molar-refractivity contribution >= 4 is 21.5 Å². The van der Waals surface area contributed by atoms with Crippen LogP contribution in [0.1, 0.15) is 43.9 Å². The Hall–Kier alpha value is -2.00. The zero-order valence-electron chi connectivity index (χ0n) is 13.6. The minimum atomic E-state index is 0.149. The van der Waals surface area contributed by atoms with E-state index in [9.17, 15) is 0 Å². The molecule has 0 bridgehead atoms. The molecular formula is C21H22. The molecule has 21 heavy (non-hydrogen) atoms. The highest BCUT2D eigenvalue weighted by molar-refractivity contribution is 6.04. The molecule has 3 rings (SSSR count). The van der Waals surface area contributed by atoms with Crippen molar-refractivity contribution in [2.75, 3.05) is 0 Å². The first-order chi connectivity index (χ1) is 9.95. The summed E-state index contributed by atoms with van der Waals surface area (Å²) in [6, 6.07) is 17.8. The van der Waals surface area contributed by atoms with Gasteiger partial charge < -0.3 is 0 Å². The molecule has 106 valence electrons. The predicted octanol–water partition coefficient (Wildman–Crippen LogP) is 5.90. The van der Waals surface area contributed by atoms with Crippen molar-refractivity contribution in [2.45, 2.75) is 46.5 Å². The lowest BCUT2D eigenvalue weighted by Gasteiger charge is -2.22. The van der Waals surface area contributed by atoms with Crippen molar-refractivity contribution in [3.8, 4) is 0 Å². The normalized spacial score (nSPS) is 11.9. The van der Waals surface area contributed by atoms with Gasteiger partial charge >= 0.3 is 0 Å². The lowest BCUT2D eigenvalue weighted by molar-refractivity contribution is 0.507. The van der Waals surface area contributed by atoms with Gasteiger partial charge in [0.05, 0.1) is 0 Å². The summed E-state index contributed by atoms with van der Waals surface area (Å²) in [4.78, 5) is 0. The molecule has 0 radical (unpaired) electrons. The Balaban J connectivity index is 2.41. The van der Waals surface area contributed by atoms with E-state index in [1.807, 2.05) is 0 Å². The van der Waals surface area contributed by atoms with Gasteiger partial charge in [-0.25, -0.2) is 0 Å². The molecule has 0 N–H and O–H groups in total. The fraction of sp³-hybridized carbons (Fsp3) is 0.333. The number of hydrogen-bond donors (Lipinski definition) is 0. The van der Waals surface area contributed by atoms with Gasteiger partial charge in [0.25, 0.3) is 0 Å². The number of benzene rings is 2. The van der Waals surface area contributed by atoms with E-state index in [0.29, 0.717) is 0 Å². The third kappa shape index (κ3) is 2.09. The summed E-state index contributed by atoms with van der Waals surface area (Å²) >= 11 is 0. The minimum Gasteiger partial charge on any atom is -0.0655 e. The van der Waals surface area contributed by atoms with Crippen LogP contribution in [-0.4, -0.2) is 0 Å². The zero-order chi connectivity index (χ0) is 15.2. The van der Waals surface area contributed by atoms with Gasteiger partial charge in [0.2, 0.25) is 0 Å². The van der Waals surface area contributed by atoms with Crippen LogP contribution in [0, 0.1) is 26.0 Å². The topological polar surface area (TPSA) is 0 Å². The third-order valence-corrected chi connectivity index (χ3v) is 5.01. The summed E-state index contributed by atoms with van der Waals surface area (Å²) in [6.07, 6.45) is 1.11. The standard InChI is InChI=1S/C21H22/c1-6-21(4,5)16-11-12-19-14(2)17-9-7-8-10-18(17)15(3)20(19)13-16/h7-10,13H,6H2,1-5H3. The molecule has 0 heteroatoms. The van der Waals surface area contributed by atoms with Crippen molar-refractivity contribution in [3.63, 3.8) is 0 Å². The van der Waals surface area contributed by atoms with E-state index in [0.717, 1.165) is 6.42 Å². The quantitative estimate of drug-likeness (QED) is 0.546. The molecule has 0 aliphatic carbocycles. The third-order valence-electron chi connectivity index (χ3n) is 5.01. The summed E-state index contributed by atoms with van der Waals surface area (Å²) < 4.78 is 0. The second kappa shape index (κ2) is 4.78. The van der Waals surface area contributed by atoms with Crippen molar-refractivity contribution in [1.82, 2.24) is 0 Å². The average molecular weight is 274 g/mol. The molecule has 0 amide bonds. The molecule has 0 fully saturated rings. The smallest absolute Gasteiger partial charge is 0.0359 e. The van der Waals surface area contributed by atoms with Gasteiger partial charge in [0.15, 0.2) is 0 Å². The van der Waals surface area contributed by atoms with Gasteiger partial charge in [-0.3, -0.25) is 0 Å². The fourth-order valence-corrected chi connectivity index (χ4v) is 3.01. The van der Waals surface area contributed by atoms with Crippen molar-refractivity contribution in [1.29, 1.82) is 0 Å². The lowest BCUT2D eigenvalue weighted by Crippen LogP contribution is -2.14. The van der Waals surface area contributed by atoms with E-state index in [2.05, 4.69) is 77.1 Å². The molecule has 0 spiro atoms. The molecule has 0 nitrogen and oxygen atoms in total. The SMILES string of the molecule is CCC(C)(C)c1c#cc2c(C)c3ccccc3c(C)c2c1. The van der Waals surface area contributed by atoms with Crippen LogP contribution in [0.3, 0.4) is 0 Å². The summed E-state index contributed by atoms with van der Waals surface area (Å²) in [5.74, 6) is 0. The van der Waals surface area contributed by atoms with Crippen LogP contribution >= 0.6 is 0 Å². The van der Waals surface area contributed by atoms with Crippen LogP contribution in [0.25, 0.3) is 21.5 Å². The highest BCUT2D eigenvalue weighted by atomic mass is 14.2. The van der Waals surface area contributed by atoms with Gasteiger partial charge in [0.1, 0.15) is 0 Å². The van der Waals surface area contributed by atoms with E-state index < -0.39 is 0 Å². The first kappa shape index (κ1) is 14.0. The monoisotopic (exact) mass is 274 g/mol. The number of rotatable bonds is 2. The van der Waals surface area contributed by atoms with Crippen LogP contribution in [0.2, 0.25) is 0 Å². The Morgan fingerprint density at radius 1 is 0.905 bits per heavy atom. The molecule has 0 atom stereocenters. The molecule has 0 aliphatic rings. The molecule has 0 saturated heterocycles. The maximum absolute atomic E-state index is 3.44. The first-order valence-corrected chi connectivity index (χ1v) is 7.72. The second-order valence-electron chi connectivity index (χ2n) is 6.63. The lowest BCUT2D eigenvalue weighted by atomic mass is 9.81. The van der Waals surface area contributed by atoms with Gasteiger partial charge in [0, 0.05) is 10.9 Å². The van der Waals surface area contributed by atoms with E-state index in [-0.39, 0.29) is 5.41 Å². The highest BCUT2D eigenvalue weighted by Gasteiger charge is 2.19. The van der Waals surface area contributed by atoms with Crippen LogP contribution in [0.15, 0.2) is 30.3 Å². The fourth-order valence-electron chi connectivity index (χ4n) is 3.01. The molecule has 0 aromatic heterocycles. The van der Waals surface area contributed by atoms with Gasteiger partial charge in [-0.05, 0) is 59.0 Å². The Morgan fingerprint density at radius 3 is 2.14 bits per heavy atom. The minimum absolute atomic E-state index is 0.149. The maximum Gasteiger partial charge on any atom is 0.0359 e. The Bertz CT molecular complexity index is 822. The van der Waals surface area contributed by atoms with Crippen molar-refractivity contribution in [2.24, 2.45) is 0 Å². The van der Waals surface area contributed by atoms with Gasteiger partial charge in [-0.2, -0.15) is 0 Å². The van der Waals surface area contributed by atoms with Crippen LogP contribution in [-0.2, 0) is 5.41 Å². The zero-order valence-corrected chi connectivity index (χ0v) is 13.6. The summed E-state index contributed by atoms with van der Waals surface area (Å²) in [5, 5.41) is 5.21. The Morgan fingerprint density at radius 2 is 1.52 bits per heavy atom. The number of aryl methyl sites for hydroxylation is 2.